The van der Waals surface area contributed by atoms with E-state index in [0.29, 0.717) is 12.4 Å². The topological polar surface area (TPSA) is 74.4 Å². The zero-order chi connectivity index (χ0) is 10.7. The minimum absolute atomic E-state index is 0.221. The summed E-state index contributed by atoms with van der Waals surface area (Å²) in [6, 6.07) is 3.82. The van der Waals surface area contributed by atoms with Gasteiger partial charge in [-0.25, -0.2) is 10.8 Å². The number of aliphatic hydroxyl groups excluding tert-OH is 1. The number of nitrogen functional groups attached to an aromatic ring is 1. The molecule has 1 aromatic rings. The van der Waals surface area contributed by atoms with Crippen molar-refractivity contribution >= 4 is 11.5 Å². The number of anilines is 2. The fourth-order valence-corrected chi connectivity index (χ4v) is 1.88. The lowest BCUT2D eigenvalue weighted by Crippen LogP contribution is -2.38. The molecule has 15 heavy (non-hydrogen) atoms. The van der Waals surface area contributed by atoms with E-state index in [2.05, 4.69) is 15.3 Å². The molecule has 0 aliphatic carbocycles. The number of nitrogens with two attached hydrogens (primary N) is 1. The molecule has 1 unspecified atom stereocenters. The number of piperidine rings is 1. The molecule has 0 bridgehead atoms. The van der Waals surface area contributed by atoms with Gasteiger partial charge in [0.05, 0.1) is 6.10 Å². The van der Waals surface area contributed by atoms with Gasteiger partial charge in [0, 0.05) is 31.0 Å². The highest BCUT2D eigenvalue weighted by molar-refractivity contribution is 5.53. The summed E-state index contributed by atoms with van der Waals surface area (Å²) in [5.74, 6) is 5.94. The van der Waals surface area contributed by atoms with Crippen molar-refractivity contribution in [2.75, 3.05) is 23.4 Å². The lowest BCUT2D eigenvalue weighted by Gasteiger charge is -2.32. The molecule has 1 atom stereocenters. The van der Waals surface area contributed by atoms with E-state index >= 15 is 0 Å². The smallest absolute Gasteiger partial charge is 0.141 e. The minimum atomic E-state index is -0.221. The van der Waals surface area contributed by atoms with Crippen LogP contribution in [0.3, 0.4) is 0 Å². The van der Waals surface area contributed by atoms with Crippen LogP contribution < -0.4 is 16.2 Å². The van der Waals surface area contributed by atoms with Gasteiger partial charge < -0.3 is 15.4 Å². The summed E-state index contributed by atoms with van der Waals surface area (Å²) in [6.07, 6.45) is 3.41. The molecule has 1 aliphatic rings. The van der Waals surface area contributed by atoms with Crippen LogP contribution in [0.5, 0.6) is 0 Å². The number of aliphatic hydroxyl groups is 1. The monoisotopic (exact) mass is 208 g/mol. The highest BCUT2D eigenvalue weighted by Crippen LogP contribution is 2.21. The normalized spacial score (nSPS) is 21.5. The zero-order valence-electron chi connectivity index (χ0n) is 8.56. The highest BCUT2D eigenvalue weighted by Gasteiger charge is 2.17. The van der Waals surface area contributed by atoms with E-state index < -0.39 is 0 Å². The molecule has 5 heteroatoms. The van der Waals surface area contributed by atoms with Crippen LogP contribution in [-0.4, -0.2) is 29.3 Å². The minimum Gasteiger partial charge on any atom is -0.391 e. The maximum atomic E-state index is 9.57. The Labute approximate surface area is 88.9 Å². The van der Waals surface area contributed by atoms with Gasteiger partial charge in [-0.05, 0) is 18.9 Å². The average molecular weight is 208 g/mol. The third-order valence-electron chi connectivity index (χ3n) is 2.65. The molecule has 0 saturated carbocycles. The second-order valence-corrected chi connectivity index (χ2v) is 3.79. The molecule has 5 nitrogen and oxygen atoms in total. The van der Waals surface area contributed by atoms with Crippen molar-refractivity contribution < 1.29 is 5.11 Å². The Balaban J connectivity index is 2.13. The summed E-state index contributed by atoms with van der Waals surface area (Å²) in [4.78, 5) is 6.20. The van der Waals surface area contributed by atoms with E-state index in [1.54, 1.807) is 6.20 Å². The molecule has 4 N–H and O–H groups in total. The molecule has 82 valence electrons. The molecule has 1 saturated heterocycles. The quantitative estimate of drug-likeness (QED) is 0.482. The third-order valence-corrected chi connectivity index (χ3v) is 2.65. The van der Waals surface area contributed by atoms with E-state index in [1.807, 2.05) is 12.1 Å². The number of pyridine rings is 1. The lowest BCUT2D eigenvalue weighted by atomic mass is 10.1. The van der Waals surface area contributed by atoms with Crippen LogP contribution in [0.4, 0.5) is 11.5 Å². The molecule has 0 aromatic carbocycles. The van der Waals surface area contributed by atoms with Crippen LogP contribution in [0, 0.1) is 0 Å². The molecule has 0 amide bonds. The maximum Gasteiger partial charge on any atom is 0.141 e. The number of hydrogen-bond donors (Lipinski definition) is 3. The molecule has 0 spiro atoms. The van der Waals surface area contributed by atoms with E-state index in [1.165, 1.54) is 0 Å². The average Bonchev–Trinajstić information content (AvgIpc) is 2.29. The van der Waals surface area contributed by atoms with Gasteiger partial charge in [-0.15, -0.1) is 0 Å². The first-order valence-corrected chi connectivity index (χ1v) is 5.15. The van der Waals surface area contributed by atoms with Crippen molar-refractivity contribution in [1.29, 1.82) is 0 Å². The summed E-state index contributed by atoms with van der Waals surface area (Å²) in [7, 11) is 0. The van der Waals surface area contributed by atoms with Gasteiger partial charge in [-0.2, -0.15) is 0 Å². The van der Waals surface area contributed by atoms with Crippen LogP contribution in [-0.2, 0) is 0 Å². The van der Waals surface area contributed by atoms with Crippen molar-refractivity contribution in [1.82, 2.24) is 4.98 Å². The van der Waals surface area contributed by atoms with Gasteiger partial charge >= 0.3 is 0 Å². The van der Waals surface area contributed by atoms with Crippen molar-refractivity contribution in [2.45, 2.75) is 18.9 Å². The molecule has 1 aliphatic heterocycles. The van der Waals surface area contributed by atoms with Crippen molar-refractivity contribution in [3.63, 3.8) is 0 Å². The van der Waals surface area contributed by atoms with Gasteiger partial charge in [-0.1, -0.05) is 0 Å². The number of nitrogens with one attached hydrogen (secondary N) is 1. The number of nitrogens with zero attached hydrogens (tertiary/aromatic N) is 2. The molecular formula is C10H16N4O. The first-order valence-electron chi connectivity index (χ1n) is 5.15. The molecule has 2 heterocycles. The molecule has 1 aromatic heterocycles. The van der Waals surface area contributed by atoms with Crippen LogP contribution in [0.2, 0.25) is 0 Å². The fourth-order valence-electron chi connectivity index (χ4n) is 1.88. The second kappa shape index (κ2) is 4.46. The fraction of sp³-hybridized carbons (Fsp3) is 0.500. The summed E-state index contributed by atoms with van der Waals surface area (Å²) in [5, 5.41) is 9.57. The Morgan fingerprint density at radius 1 is 1.60 bits per heavy atom. The first kappa shape index (κ1) is 10.2. The molecule has 2 rings (SSSR count). The van der Waals surface area contributed by atoms with E-state index in [9.17, 15) is 5.11 Å². The summed E-state index contributed by atoms with van der Waals surface area (Å²) < 4.78 is 0. The van der Waals surface area contributed by atoms with Crippen LogP contribution in [0.1, 0.15) is 12.8 Å². The Bertz CT molecular complexity index is 331. The Morgan fingerprint density at radius 3 is 3.20 bits per heavy atom. The summed E-state index contributed by atoms with van der Waals surface area (Å²) in [5.41, 5.74) is 3.57. The Kier molecular flexibility index (Phi) is 3.03. The SMILES string of the molecule is NNc1cc(N2CCCC(O)C2)ccn1. The first-order chi connectivity index (χ1) is 7.29. The van der Waals surface area contributed by atoms with Gasteiger partial charge in [0.25, 0.3) is 0 Å². The Morgan fingerprint density at radius 2 is 2.47 bits per heavy atom. The van der Waals surface area contributed by atoms with Gasteiger partial charge in [-0.3, -0.25) is 0 Å². The van der Waals surface area contributed by atoms with Crippen LogP contribution >= 0.6 is 0 Å². The molecule has 1 fully saturated rings. The van der Waals surface area contributed by atoms with Gasteiger partial charge in [0.2, 0.25) is 0 Å². The van der Waals surface area contributed by atoms with E-state index in [-0.39, 0.29) is 6.10 Å². The second-order valence-electron chi connectivity index (χ2n) is 3.79. The van der Waals surface area contributed by atoms with Gasteiger partial charge in [0.1, 0.15) is 5.82 Å². The van der Waals surface area contributed by atoms with Crippen LogP contribution in [0.15, 0.2) is 18.3 Å². The Hall–Kier alpha value is -1.33. The van der Waals surface area contributed by atoms with Crippen molar-refractivity contribution in [3.05, 3.63) is 18.3 Å². The number of β-amino-alcohol motifs (C(OH)–C–C–N with tert-alkyl or cyclic N) is 1. The number of aromatic nitrogens is 1. The number of hydrazine groups is 1. The summed E-state index contributed by atoms with van der Waals surface area (Å²) >= 11 is 0. The number of hydrogen-bond acceptors (Lipinski definition) is 5. The van der Waals surface area contributed by atoms with Crippen molar-refractivity contribution in [2.24, 2.45) is 5.84 Å². The van der Waals surface area contributed by atoms with E-state index in [4.69, 9.17) is 5.84 Å². The van der Waals surface area contributed by atoms with Crippen molar-refractivity contribution in [3.8, 4) is 0 Å². The highest BCUT2D eigenvalue weighted by atomic mass is 16.3. The zero-order valence-corrected chi connectivity index (χ0v) is 8.56. The largest absolute Gasteiger partial charge is 0.391 e. The predicted octanol–water partition coefficient (Wildman–Crippen LogP) is 0.328. The van der Waals surface area contributed by atoms with Crippen LogP contribution in [0.25, 0.3) is 0 Å². The third kappa shape index (κ3) is 2.37. The van der Waals surface area contributed by atoms with Gasteiger partial charge in [0.15, 0.2) is 0 Å². The maximum absolute atomic E-state index is 9.57. The molecule has 0 radical (unpaired) electrons. The standard InChI is InChI=1S/C10H16N4O/c11-13-10-6-8(3-4-12-10)14-5-1-2-9(15)7-14/h3-4,6,9,15H,1-2,5,7,11H2,(H,12,13). The lowest BCUT2D eigenvalue weighted by molar-refractivity contribution is 0.154. The summed E-state index contributed by atoms with van der Waals surface area (Å²) in [6.45, 7) is 1.67. The number of rotatable bonds is 2. The molecular weight excluding hydrogens is 192 g/mol. The van der Waals surface area contributed by atoms with E-state index in [0.717, 1.165) is 25.1 Å². The predicted molar refractivity (Wildman–Crippen MR) is 59.5 cm³/mol.